The smallest absolute Gasteiger partial charge is 0.325 e. The summed E-state index contributed by atoms with van der Waals surface area (Å²) in [6.07, 6.45) is 2.86. The lowest BCUT2D eigenvalue weighted by atomic mass is 9.80. The lowest BCUT2D eigenvalue weighted by Gasteiger charge is -2.47. The van der Waals surface area contributed by atoms with Crippen LogP contribution in [0.5, 0.6) is 0 Å². The van der Waals surface area contributed by atoms with Crippen LogP contribution in [-0.2, 0) is 4.79 Å². The SMILES string of the molecule is CC(N(C)C)C1(C(=O)O)CCCCN1C. The average molecular weight is 214 g/mol. The molecule has 0 amide bonds. The van der Waals surface area contributed by atoms with Gasteiger partial charge in [0.15, 0.2) is 0 Å². The van der Waals surface area contributed by atoms with Gasteiger partial charge in [-0.25, -0.2) is 0 Å². The van der Waals surface area contributed by atoms with Crippen molar-refractivity contribution in [2.75, 3.05) is 27.7 Å². The van der Waals surface area contributed by atoms with Gasteiger partial charge >= 0.3 is 5.97 Å². The molecule has 2 atom stereocenters. The number of aliphatic carboxylic acids is 1. The van der Waals surface area contributed by atoms with E-state index < -0.39 is 11.5 Å². The monoisotopic (exact) mass is 214 g/mol. The molecule has 0 aromatic heterocycles. The standard InChI is InChI=1S/C11H22N2O2/c1-9(12(2)3)11(10(14)15)7-5-6-8-13(11)4/h9H,5-8H2,1-4H3,(H,14,15). The summed E-state index contributed by atoms with van der Waals surface area (Å²) in [7, 11) is 5.81. The summed E-state index contributed by atoms with van der Waals surface area (Å²) in [5, 5.41) is 9.51. The Morgan fingerprint density at radius 2 is 2.07 bits per heavy atom. The van der Waals surface area contributed by atoms with Gasteiger partial charge in [0, 0.05) is 6.04 Å². The fourth-order valence-electron chi connectivity index (χ4n) is 2.54. The Kier molecular flexibility index (Phi) is 3.73. The summed E-state index contributed by atoms with van der Waals surface area (Å²) in [5.74, 6) is -0.689. The minimum absolute atomic E-state index is 0.0281. The Bertz CT molecular complexity index is 243. The predicted octanol–water partition coefficient (Wildman–Crippen LogP) is 0.876. The Morgan fingerprint density at radius 1 is 1.47 bits per heavy atom. The molecule has 0 aromatic carbocycles. The Labute approximate surface area is 91.9 Å². The second kappa shape index (κ2) is 4.49. The molecule has 1 aliphatic rings. The number of likely N-dealkylation sites (tertiary alicyclic amines) is 1. The van der Waals surface area contributed by atoms with E-state index in [1.807, 2.05) is 37.9 Å². The normalized spacial score (nSPS) is 30.5. The first kappa shape index (κ1) is 12.5. The van der Waals surface area contributed by atoms with Crippen LogP contribution < -0.4 is 0 Å². The van der Waals surface area contributed by atoms with Crippen molar-refractivity contribution >= 4 is 5.97 Å². The minimum atomic E-state index is -0.707. The number of likely N-dealkylation sites (N-methyl/N-ethyl adjacent to an activating group) is 2. The van der Waals surface area contributed by atoms with Crippen LogP contribution in [0.15, 0.2) is 0 Å². The van der Waals surface area contributed by atoms with Crippen LogP contribution in [0.1, 0.15) is 26.2 Å². The van der Waals surface area contributed by atoms with Gasteiger partial charge in [-0.05, 0) is 53.9 Å². The second-order valence-electron chi connectivity index (χ2n) is 4.75. The van der Waals surface area contributed by atoms with E-state index in [0.717, 1.165) is 25.8 Å². The van der Waals surface area contributed by atoms with Gasteiger partial charge in [-0.2, -0.15) is 0 Å². The summed E-state index contributed by atoms with van der Waals surface area (Å²) < 4.78 is 0. The maximum absolute atomic E-state index is 11.6. The molecule has 1 heterocycles. The molecule has 0 aliphatic carbocycles. The molecule has 1 aliphatic heterocycles. The quantitative estimate of drug-likeness (QED) is 0.757. The van der Waals surface area contributed by atoms with E-state index in [1.165, 1.54) is 0 Å². The molecule has 0 saturated carbocycles. The average Bonchev–Trinajstić information content (AvgIpc) is 2.17. The number of hydrogen-bond acceptors (Lipinski definition) is 3. The van der Waals surface area contributed by atoms with Crippen molar-refractivity contribution in [2.45, 2.75) is 37.8 Å². The van der Waals surface area contributed by atoms with Crippen molar-refractivity contribution in [3.63, 3.8) is 0 Å². The minimum Gasteiger partial charge on any atom is -0.480 e. The summed E-state index contributed by atoms with van der Waals surface area (Å²) in [4.78, 5) is 15.6. The second-order valence-corrected chi connectivity index (χ2v) is 4.75. The van der Waals surface area contributed by atoms with Gasteiger partial charge in [0.25, 0.3) is 0 Å². The number of carbonyl (C=O) groups is 1. The largest absolute Gasteiger partial charge is 0.480 e. The molecule has 1 rings (SSSR count). The molecule has 88 valence electrons. The van der Waals surface area contributed by atoms with Crippen LogP contribution in [0.2, 0.25) is 0 Å². The van der Waals surface area contributed by atoms with Crippen LogP contribution in [0, 0.1) is 0 Å². The Morgan fingerprint density at radius 3 is 2.47 bits per heavy atom. The molecule has 1 fully saturated rings. The summed E-state index contributed by atoms with van der Waals surface area (Å²) in [6.45, 7) is 2.88. The molecule has 1 N–H and O–H groups in total. The lowest BCUT2D eigenvalue weighted by Crippen LogP contribution is -2.65. The summed E-state index contributed by atoms with van der Waals surface area (Å²) in [5.41, 5.74) is -0.707. The molecule has 4 heteroatoms. The van der Waals surface area contributed by atoms with Crippen LogP contribution in [0.4, 0.5) is 0 Å². The molecular formula is C11H22N2O2. The van der Waals surface area contributed by atoms with Gasteiger partial charge in [-0.15, -0.1) is 0 Å². The van der Waals surface area contributed by atoms with Crippen molar-refractivity contribution in [3.05, 3.63) is 0 Å². The predicted molar refractivity (Wildman–Crippen MR) is 60.0 cm³/mol. The first-order chi connectivity index (χ1) is 6.93. The summed E-state index contributed by atoms with van der Waals surface area (Å²) >= 11 is 0. The molecule has 1 saturated heterocycles. The highest BCUT2D eigenvalue weighted by atomic mass is 16.4. The molecule has 0 bridgehead atoms. The van der Waals surface area contributed by atoms with Gasteiger partial charge in [-0.1, -0.05) is 0 Å². The lowest BCUT2D eigenvalue weighted by molar-refractivity contribution is -0.158. The fraction of sp³-hybridized carbons (Fsp3) is 0.909. The zero-order chi connectivity index (χ0) is 11.6. The number of piperidine rings is 1. The maximum atomic E-state index is 11.6. The van der Waals surface area contributed by atoms with Gasteiger partial charge in [-0.3, -0.25) is 9.69 Å². The van der Waals surface area contributed by atoms with Gasteiger partial charge in [0.2, 0.25) is 0 Å². The van der Waals surface area contributed by atoms with Crippen molar-refractivity contribution < 1.29 is 9.90 Å². The third-order valence-electron chi connectivity index (χ3n) is 3.82. The Hall–Kier alpha value is -0.610. The van der Waals surface area contributed by atoms with Crippen molar-refractivity contribution in [1.29, 1.82) is 0 Å². The third-order valence-corrected chi connectivity index (χ3v) is 3.82. The molecule has 0 spiro atoms. The number of rotatable bonds is 3. The van der Waals surface area contributed by atoms with Crippen molar-refractivity contribution in [2.24, 2.45) is 0 Å². The molecule has 4 nitrogen and oxygen atoms in total. The highest BCUT2D eigenvalue weighted by molar-refractivity contribution is 5.80. The van der Waals surface area contributed by atoms with E-state index in [9.17, 15) is 9.90 Å². The van der Waals surface area contributed by atoms with Crippen LogP contribution in [-0.4, -0.2) is 60.1 Å². The molecule has 15 heavy (non-hydrogen) atoms. The fourth-order valence-corrected chi connectivity index (χ4v) is 2.54. The van der Waals surface area contributed by atoms with Crippen LogP contribution in [0.3, 0.4) is 0 Å². The zero-order valence-corrected chi connectivity index (χ0v) is 10.2. The first-order valence-electron chi connectivity index (χ1n) is 5.54. The molecule has 0 aromatic rings. The van der Waals surface area contributed by atoms with E-state index in [0.29, 0.717) is 0 Å². The topological polar surface area (TPSA) is 43.8 Å². The maximum Gasteiger partial charge on any atom is 0.325 e. The van der Waals surface area contributed by atoms with Gasteiger partial charge < -0.3 is 10.0 Å². The van der Waals surface area contributed by atoms with E-state index in [2.05, 4.69) is 0 Å². The Balaban J connectivity index is 3.00. The molecular weight excluding hydrogens is 192 g/mol. The number of hydrogen-bond donors (Lipinski definition) is 1. The van der Waals surface area contributed by atoms with Crippen LogP contribution in [0.25, 0.3) is 0 Å². The highest BCUT2D eigenvalue weighted by Crippen LogP contribution is 2.32. The van der Waals surface area contributed by atoms with E-state index in [-0.39, 0.29) is 6.04 Å². The zero-order valence-electron chi connectivity index (χ0n) is 10.2. The molecule has 2 unspecified atom stereocenters. The van der Waals surface area contributed by atoms with Crippen molar-refractivity contribution in [3.8, 4) is 0 Å². The molecule has 0 radical (unpaired) electrons. The van der Waals surface area contributed by atoms with Gasteiger partial charge in [0.1, 0.15) is 5.54 Å². The van der Waals surface area contributed by atoms with Crippen molar-refractivity contribution in [1.82, 2.24) is 9.80 Å². The van der Waals surface area contributed by atoms with Crippen LogP contribution >= 0.6 is 0 Å². The van der Waals surface area contributed by atoms with E-state index in [4.69, 9.17) is 0 Å². The van der Waals surface area contributed by atoms with Gasteiger partial charge in [0.05, 0.1) is 0 Å². The van der Waals surface area contributed by atoms with E-state index >= 15 is 0 Å². The van der Waals surface area contributed by atoms with E-state index in [1.54, 1.807) is 0 Å². The first-order valence-corrected chi connectivity index (χ1v) is 5.54. The number of carboxylic acid groups (broad SMARTS) is 1. The summed E-state index contributed by atoms with van der Waals surface area (Å²) in [6, 6.07) is 0.0281. The highest BCUT2D eigenvalue weighted by Gasteiger charge is 2.49. The number of carboxylic acids is 1. The number of nitrogens with zero attached hydrogens (tertiary/aromatic N) is 2. The third kappa shape index (κ3) is 2.01.